The maximum atomic E-state index is 12.1. The first-order chi connectivity index (χ1) is 12.2. The van der Waals surface area contributed by atoms with Gasteiger partial charge in [-0.25, -0.2) is 4.79 Å². The number of hydrogen-bond donors (Lipinski definition) is 1. The summed E-state index contributed by atoms with van der Waals surface area (Å²) in [5.41, 5.74) is 0.755. The maximum Gasteiger partial charge on any atom is 0.411 e. The van der Waals surface area contributed by atoms with Crippen molar-refractivity contribution >= 4 is 23.5 Å². The average Bonchev–Trinajstić information content (AvgIpc) is 2.63. The van der Waals surface area contributed by atoms with Crippen LogP contribution in [0.25, 0.3) is 0 Å². The molecule has 0 spiro atoms. The molecule has 0 aliphatic rings. The Morgan fingerprint density at radius 1 is 1.00 bits per heavy atom. The predicted molar refractivity (Wildman–Crippen MR) is 105 cm³/mol. The number of unbranched alkanes of at least 4 members (excludes halogenated alkanes) is 2. The van der Waals surface area contributed by atoms with E-state index in [-0.39, 0.29) is 12.2 Å². The van der Waals surface area contributed by atoms with E-state index in [9.17, 15) is 4.79 Å². The molecule has 134 valence electrons. The highest BCUT2D eigenvalue weighted by Crippen LogP contribution is 2.28. The van der Waals surface area contributed by atoms with Crippen LogP contribution in [0.3, 0.4) is 0 Å². The zero-order valence-electron chi connectivity index (χ0n) is 15.0. The van der Waals surface area contributed by atoms with Crippen LogP contribution < -0.4 is 5.32 Å². The molecule has 0 bridgehead atoms. The largest absolute Gasteiger partial charge is 0.446 e. The number of nitrogens with one attached hydrogen (secondary N) is 1. The molecule has 0 aromatic heterocycles. The fourth-order valence-electron chi connectivity index (χ4n) is 2.50. The molecule has 0 aliphatic carbocycles. The third-order valence-electron chi connectivity index (χ3n) is 3.94. The standard InChI is InChI=1S/C21H27NO2S/c1-3-5-7-10-18(4-2)24-21(23)22-17-13-15-20(16-14-17)25-19-11-8-6-9-12-19/h6,8-9,11-16,18H,3-5,7,10H2,1-2H3,(H,22,23). The van der Waals surface area contributed by atoms with E-state index in [0.717, 1.165) is 29.8 Å². The van der Waals surface area contributed by atoms with Crippen molar-refractivity contribution in [1.29, 1.82) is 0 Å². The monoisotopic (exact) mass is 357 g/mol. The molecular formula is C21H27NO2S. The van der Waals surface area contributed by atoms with Crippen LogP contribution in [0.2, 0.25) is 0 Å². The summed E-state index contributed by atoms with van der Waals surface area (Å²) in [6.07, 6.45) is 4.88. The van der Waals surface area contributed by atoms with Crippen molar-refractivity contribution < 1.29 is 9.53 Å². The van der Waals surface area contributed by atoms with Crippen LogP contribution in [0.1, 0.15) is 46.0 Å². The summed E-state index contributed by atoms with van der Waals surface area (Å²) < 4.78 is 5.52. The minimum atomic E-state index is -0.369. The number of ether oxygens (including phenoxy) is 1. The summed E-state index contributed by atoms with van der Waals surface area (Å²) in [6.45, 7) is 4.23. The molecule has 1 N–H and O–H groups in total. The lowest BCUT2D eigenvalue weighted by molar-refractivity contribution is 0.101. The number of carbonyl (C=O) groups is 1. The predicted octanol–water partition coefficient (Wildman–Crippen LogP) is 6.75. The summed E-state index contributed by atoms with van der Waals surface area (Å²) in [6, 6.07) is 18.1. The Hall–Kier alpha value is -1.94. The fourth-order valence-corrected chi connectivity index (χ4v) is 3.34. The number of hydrogen-bond acceptors (Lipinski definition) is 3. The Morgan fingerprint density at radius 3 is 2.32 bits per heavy atom. The second-order valence-electron chi connectivity index (χ2n) is 6.00. The Bertz CT molecular complexity index is 628. The normalized spacial score (nSPS) is 11.8. The summed E-state index contributed by atoms with van der Waals surface area (Å²) in [5, 5.41) is 2.82. The summed E-state index contributed by atoms with van der Waals surface area (Å²) in [5.74, 6) is 0. The zero-order valence-corrected chi connectivity index (χ0v) is 15.9. The molecule has 4 heteroatoms. The van der Waals surface area contributed by atoms with Crippen molar-refractivity contribution in [1.82, 2.24) is 0 Å². The number of rotatable bonds is 9. The van der Waals surface area contributed by atoms with Gasteiger partial charge in [-0.15, -0.1) is 0 Å². The summed E-state index contributed by atoms with van der Waals surface area (Å²) in [7, 11) is 0. The van der Waals surface area contributed by atoms with E-state index in [1.165, 1.54) is 17.7 Å². The maximum absolute atomic E-state index is 12.1. The van der Waals surface area contributed by atoms with Gasteiger partial charge in [-0.05, 0) is 55.7 Å². The van der Waals surface area contributed by atoms with E-state index in [0.29, 0.717) is 0 Å². The number of benzene rings is 2. The first-order valence-electron chi connectivity index (χ1n) is 9.01. The molecule has 1 amide bonds. The van der Waals surface area contributed by atoms with Crippen LogP contribution in [-0.2, 0) is 4.74 Å². The van der Waals surface area contributed by atoms with Gasteiger partial charge in [0.2, 0.25) is 0 Å². The zero-order chi connectivity index (χ0) is 17.9. The Morgan fingerprint density at radius 2 is 1.68 bits per heavy atom. The molecule has 1 atom stereocenters. The van der Waals surface area contributed by atoms with Crippen LogP contribution in [0.4, 0.5) is 10.5 Å². The number of anilines is 1. The molecule has 25 heavy (non-hydrogen) atoms. The SMILES string of the molecule is CCCCCC(CC)OC(=O)Nc1ccc(Sc2ccccc2)cc1. The number of carbonyl (C=O) groups excluding carboxylic acids is 1. The van der Waals surface area contributed by atoms with Crippen LogP contribution >= 0.6 is 11.8 Å². The highest BCUT2D eigenvalue weighted by molar-refractivity contribution is 7.99. The first kappa shape index (κ1) is 19.4. The molecule has 2 aromatic rings. The molecule has 0 heterocycles. The first-order valence-corrected chi connectivity index (χ1v) is 9.83. The van der Waals surface area contributed by atoms with Crippen LogP contribution in [0.5, 0.6) is 0 Å². The topological polar surface area (TPSA) is 38.3 Å². The average molecular weight is 358 g/mol. The minimum absolute atomic E-state index is 0.000501. The fraction of sp³-hybridized carbons (Fsp3) is 0.381. The lowest BCUT2D eigenvalue weighted by Gasteiger charge is -2.16. The summed E-state index contributed by atoms with van der Waals surface area (Å²) in [4.78, 5) is 14.4. The van der Waals surface area contributed by atoms with Gasteiger partial charge in [0.15, 0.2) is 0 Å². The molecule has 0 fully saturated rings. The van der Waals surface area contributed by atoms with E-state index >= 15 is 0 Å². The van der Waals surface area contributed by atoms with Crippen LogP contribution in [0, 0.1) is 0 Å². The third kappa shape index (κ3) is 7.22. The Kier molecular flexibility index (Phi) is 8.40. The van der Waals surface area contributed by atoms with E-state index in [1.54, 1.807) is 11.8 Å². The van der Waals surface area contributed by atoms with Crippen molar-refractivity contribution in [2.75, 3.05) is 5.32 Å². The molecule has 0 saturated carbocycles. The smallest absolute Gasteiger partial charge is 0.411 e. The highest BCUT2D eigenvalue weighted by atomic mass is 32.2. The van der Waals surface area contributed by atoms with Gasteiger partial charge in [0, 0.05) is 15.5 Å². The Balaban J connectivity index is 1.82. The van der Waals surface area contributed by atoms with Gasteiger partial charge in [0.05, 0.1) is 0 Å². The molecule has 0 aliphatic heterocycles. The molecular weight excluding hydrogens is 330 g/mol. The van der Waals surface area contributed by atoms with E-state index < -0.39 is 0 Å². The van der Waals surface area contributed by atoms with E-state index in [4.69, 9.17) is 4.74 Å². The Labute approximate surface area is 155 Å². The van der Waals surface area contributed by atoms with E-state index in [2.05, 4.69) is 31.3 Å². The molecule has 0 saturated heterocycles. The number of amides is 1. The van der Waals surface area contributed by atoms with Crippen molar-refractivity contribution in [3.63, 3.8) is 0 Å². The second kappa shape index (κ2) is 10.8. The third-order valence-corrected chi connectivity index (χ3v) is 4.95. The van der Waals surface area contributed by atoms with Gasteiger partial charge in [-0.1, -0.05) is 56.7 Å². The lowest BCUT2D eigenvalue weighted by Crippen LogP contribution is -2.22. The summed E-state index contributed by atoms with van der Waals surface area (Å²) >= 11 is 1.70. The van der Waals surface area contributed by atoms with Crippen molar-refractivity contribution in [2.24, 2.45) is 0 Å². The molecule has 3 nitrogen and oxygen atoms in total. The van der Waals surface area contributed by atoms with Crippen LogP contribution in [0.15, 0.2) is 64.4 Å². The lowest BCUT2D eigenvalue weighted by atomic mass is 10.1. The van der Waals surface area contributed by atoms with Gasteiger partial charge >= 0.3 is 6.09 Å². The van der Waals surface area contributed by atoms with Gasteiger partial charge in [0.1, 0.15) is 6.10 Å². The van der Waals surface area contributed by atoms with E-state index in [1.807, 2.05) is 42.5 Å². The molecule has 2 rings (SSSR count). The molecule has 0 radical (unpaired) electrons. The van der Waals surface area contributed by atoms with Crippen molar-refractivity contribution in [3.05, 3.63) is 54.6 Å². The molecule has 1 unspecified atom stereocenters. The quantitative estimate of drug-likeness (QED) is 0.505. The van der Waals surface area contributed by atoms with Gasteiger partial charge in [-0.3, -0.25) is 5.32 Å². The second-order valence-corrected chi connectivity index (χ2v) is 7.14. The van der Waals surface area contributed by atoms with Crippen molar-refractivity contribution in [3.8, 4) is 0 Å². The molecule has 2 aromatic carbocycles. The van der Waals surface area contributed by atoms with Crippen LogP contribution in [-0.4, -0.2) is 12.2 Å². The van der Waals surface area contributed by atoms with Gasteiger partial charge in [0.25, 0.3) is 0 Å². The highest BCUT2D eigenvalue weighted by Gasteiger charge is 2.12. The van der Waals surface area contributed by atoms with Gasteiger partial charge < -0.3 is 4.74 Å². The van der Waals surface area contributed by atoms with Crippen molar-refractivity contribution in [2.45, 2.75) is 61.8 Å². The van der Waals surface area contributed by atoms with Gasteiger partial charge in [-0.2, -0.15) is 0 Å². The minimum Gasteiger partial charge on any atom is -0.446 e.